The van der Waals surface area contributed by atoms with Crippen LogP contribution in [0.15, 0.2) is 11.4 Å². The van der Waals surface area contributed by atoms with E-state index in [0.717, 1.165) is 6.54 Å². The largest absolute Gasteiger partial charge is 0.480 e. The van der Waals surface area contributed by atoms with Crippen LogP contribution in [0.25, 0.3) is 0 Å². The van der Waals surface area contributed by atoms with Crippen LogP contribution in [0, 0.1) is 6.92 Å². The molecule has 0 spiro atoms. The van der Waals surface area contributed by atoms with Gasteiger partial charge in [-0.2, -0.15) is 0 Å². The summed E-state index contributed by atoms with van der Waals surface area (Å²) < 4.78 is 0. The molecule has 0 bridgehead atoms. The fourth-order valence-electron chi connectivity index (χ4n) is 1.17. The quantitative estimate of drug-likeness (QED) is 0.634. The Morgan fingerprint density at radius 2 is 2.47 bits per heavy atom. The zero-order valence-electron chi connectivity index (χ0n) is 8.69. The van der Waals surface area contributed by atoms with Crippen LogP contribution in [-0.4, -0.2) is 23.7 Å². The molecular weight excluding hydrogens is 212 g/mol. The zero-order valence-corrected chi connectivity index (χ0v) is 9.51. The molecule has 0 fully saturated rings. The average Bonchev–Trinajstić information content (AvgIpc) is 2.58. The topological polar surface area (TPSA) is 75.3 Å². The van der Waals surface area contributed by atoms with E-state index in [2.05, 4.69) is 23.7 Å². The smallest absolute Gasteiger partial charge is 0.320 e. The van der Waals surface area contributed by atoms with Crippen LogP contribution < -0.4 is 11.1 Å². The van der Waals surface area contributed by atoms with Gasteiger partial charge < -0.3 is 16.2 Å². The number of nitrogens with one attached hydrogen (secondary N) is 1. The number of aryl methyl sites for hydroxylation is 1. The maximum atomic E-state index is 10.4. The third kappa shape index (κ3) is 3.99. The molecule has 0 aromatic carbocycles. The van der Waals surface area contributed by atoms with Crippen LogP contribution in [0.1, 0.15) is 16.9 Å². The van der Waals surface area contributed by atoms with Gasteiger partial charge >= 0.3 is 5.97 Å². The molecule has 1 aromatic heterocycles. The maximum absolute atomic E-state index is 10.4. The van der Waals surface area contributed by atoms with Crippen molar-refractivity contribution in [3.05, 3.63) is 21.9 Å². The van der Waals surface area contributed by atoms with Crippen molar-refractivity contribution in [2.75, 3.05) is 6.54 Å². The van der Waals surface area contributed by atoms with E-state index in [0.29, 0.717) is 13.0 Å². The average molecular weight is 228 g/mol. The minimum absolute atomic E-state index is 0.458. The van der Waals surface area contributed by atoms with E-state index in [1.54, 1.807) is 11.3 Å². The molecule has 4 N–H and O–H groups in total. The Hall–Kier alpha value is -0.910. The number of aliphatic carboxylic acids is 1. The summed E-state index contributed by atoms with van der Waals surface area (Å²) in [6.45, 7) is 3.48. The summed E-state index contributed by atoms with van der Waals surface area (Å²) in [7, 11) is 0. The summed E-state index contributed by atoms with van der Waals surface area (Å²) in [4.78, 5) is 11.7. The third-order valence-corrected chi connectivity index (χ3v) is 3.23. The second-order valence-electron chi connectivity index (χ2n) is 3.44. The first-order valence-electron chi connectivity index (χ1n) is 4.83. The lowest BCUT2D eigenvalue weighted by molar-refractivity contribution is -0.138. The van der Waals surface area contributed by atoms with Gasteiger partial charge in [0.05, 0.1) is 0 Å². The van der Waals surface area contributed by atoms with Gasteiger partial charge in [0.25, 0.3) is 0 Å². The lowest BCUT2D eigenvalue weighted by Gasteiger charge is -2.07. The molecule has 1 rings (SSSR count). The Kier molecular flexibility index (Phi) is 4.74. The van der Waals surface area contributed by atoms with Crippen molar-refractivity contribution >= 4 is 17.3 Å². The van der Waals surface area contributed by atoms with Crippen LogP contribution in [0.5, 0.6) is 0 Å². The normalized spacial score (nSPS) is 12.7. The number of carboxylic acid groups (broad SMARTS) is 1. The Bertz CT molecular complexity index is 325. The van der Waals surface area contributed by atoms with E-state index >= 15 is 0 Å². The van der Waals surface area contributed by atoms with Gasteiger partial charge in [0, 0.05) is 11.4 Å². The molecule has 1 aromatic rings. The van der Waals surface area contributed by atoms with Gasteiger partial charge in [0.15, 0.2) is 0 Å². The van der Waals surface area contributed by atoms with E-state index in [1.165, 1.54) is 10.4 Å². The molecule has 1 heterocycles. The molecule has 5 heteroatoms. The number of hydrogen-bond acceptors (Lipinski definition) is 4. The Morgan fingerprint density at radius 1 is 1.73 bits per heavy atom. The van der Waals surface area contributed by atoms with E-state index in [1.807, 2.05) is 0 Å². The Labute approximate surface area is 93.1 Å². The van der Waals surface area contributed by atoms with Gasteiger partial charge in [-0.3, -0.25) is 4.79 Å². The van der Waals surface area contributed by atoms with Crippen molar-refractivity contribution < 1.29 is 9.90 Å². The van der Waals surface area contributed by atoms with Crippen molar-refractivity contribution in [3.8, 4) is 0 Å². The lowest BCUT2D eigenvalue weighted by Crippen LogP contribution is -2.33. The van der Waals surface area contributed by atoms with Gasteiger partial charge in [0.2, 0.25) is 0 Å². The molecule has 0 aliphatic heterocycles. The highest BCUT2D eigenvalue weighted by atomic mass is 32.1. The van der Waals surface area contributed by atoms with Crippen molar-refractivity contribution in [2.24, 2.45) is 5.73 Å². The summed E-state index contributed by atoms with van der Waals surface area (Å²) in [5.74, 6) is -0.941. The molecule has 1 unspecified atom stereocenters. The number of rotatable bonds is 6. The van der Waals surface area contributed by atoms with Crippen molar-refractivity contribution in [3.63, 3.8) is 0 Å². The molecule has 1 atom stereocenters. The predicted molar refractivity (Wildman–Crippen MR) is 61.0 cm³/mol. The molecule has 0 saturated carbocycles. The standard InChI is InChI=1S/C10H16N2O2S/c1-7-3-5-15-9(7)6-12-4-2-8(11)10(13)14/h3,5,8,12H,2,4,6,11H2,1H3,(H,13,14). The highest BCUT2D eigenvalue weighted by Crippen LogP contribution is 2.14. The Morgan fingerprint density at radius 3 is 3.00 bits per heavy atom. The van der Waals surface area contributed by atoms with Gasteiger partial charge in [0.1, 0.15) is 6.04 Å². The van der Waals surface area contributed by atoms with E-state index in [4.69, 9.17) is 10.8 Å². The van der Waals surface area contributed by atoms with Crippen molar-refractivity contribution in [1.29, 1.82) is 0 Å². The summed E-state index contributed by atoms with van der Waals surface area (Å²) >= 11 is 1.70. The fourth-order valence-corrected chi connectivity index (χ4v) is 2.04. The molecule has 15 heavy (non-hydrogen) atoms. The van der Waals surface area contributed by atoms with Crippen LogP contribution >= 0.6 is 11.3 Å². The lowest BCUT2D eigenvalue weighted by atomic mass is 10.2. The summed E-state index contributed by atoms with van der Waals surface area (Å²) in [5, 5.41) is 13.8. The summed E-state index contributed by atoms with van der Waals surface area (Å²) in [6, 6.07) is 1.31. The van der Waals surface area contributed by atoms with Gasteiger partial charge in [-0.25, -0.2) is 0 Å². The molecular formula is C10H16N2O2S. The van der Waals surface area contributed by atoms with Gasteiger partial charge in [-0.15, -0.1) is 11.3 Å². The summed E-state index contributed by atoms with van der Waals surface area (Å²) in [5.41, 5.74) is 6.64. The number of thiophene rings is 1. The molecule has 0 amide bonds. The first-order valence-corrected chi connectivity index (χ1v) is 5.71. The minimum Gasteiger partial charge on any atom is -0.480 e. The van der Waals surface area contributed by atoms with E-state index in [-0.39, 0.29) is 0 Å². The molecule has 0 saturated heterocycles. The number of carbonyl (C=O) groups is 1. The number of nitrogens with two attached hydrogens (primary N) is 1. The first-order chi connectivity index (χ1) is 7.11. The van der Waals surface area contributed by atoms with Crippen LogP contribution in [0.2, 0.25) is 0 Å². The number of carboxylic acids is 1. The van der Waals surface area contributed by atoms with Crippen molar-refractivity contribution in [2.45, 2.75) is 25.9 Å². The van der Waals surface area contributed by atoms with E-state index < -0.39 is 12.0 Å². The number of hydrogen-bond donors (Lipinski definition) is 3. The maximum Gasteiger partial charge on any atom is 0.320 e. The van der Waals surface area contributed by atoms with Gasteiger partial charge in [-0.05, 0) is 36.9 Å². The molecule has 4 nitrogen and oxygen atoms in total. The SMILES string of the molecule is Cc1ccsc1CNCCC(N)C(=O)O. The van der Waals surface area contributed by atoms with Crippen LogP contribution in [0.3, 0.4) is 0 Å². The third-order valence-electron chi connectivity index (χ3n) is 2.20. The second kappa shape index (κ2) is 5.85. The highest BCUT2D eigenvalue weighted by Gasteiger charge is 2.10. The molecule has 0 radical (unpaired) electrons. The first kappa shape index (κ1) is 12.2. The molecule has 0 aliphatic rings. The van der Waals surface area contributed by atoms with E-state index in [9.17, 15) is 4.79 Å². The zero-order chi connectivity index (χ0) is 11.3. The van der Waals surface area contributed by atoms with Crippen molar-refractivity contribution in [1.82, 2.24) is 5.32 Å². The highest BCUT2D eigenvalue weighted by molar-refractivity contribution is 7.10. The second-order valence-corrected chi connectivity index (χ2v) is 4.44. The molecule has 84 valence electrons. The van der Waals surface area contributed by atoms with Crippen LogP contribution in [-0.2, 0) is 11.3 Å². The van der Waals surface area contributed by atoms with Crippen LogP contribution in [0.4, 0.5) is 0 Å². The predicted octanol–water partition coefficient (Wildman–Crippen LogP) is 0.948. The summed E-state index contributed by atoms with van der Waals surface area (Å²) in [6.07, 6.45) is 0.458. The monoisotopic (exact) mass is 228 g/mol. The fraction of sp³-hybridized carbons (Fsp3) is 0.500. The van der Waals surface area contributed by atoms with Gasteiger partial charge in [-0.1, -0.05) is 0 Å². The Balaban J connectivity index is 2.17. The molecule has 0 aliphatic carbocycles. The minimum atomic E-state index is -0.941.